The van der Waals surface area contributed by atoms with Crippen LogP contribution in [0.4, 0.5) is 0 Å². The molecule has 0 aliphatic carbocycles. The minimum Gasteiger partial charge on any atom is -0.250 e. The van der Waals surface area contributed by atoms with Gasteiger partial charge in [0.05, 0.1) is 5.01 Å². The lowest BCUT2D eigenvalue weighted by molar-refractivity contribution is 1.18. The minimum absolute atomic E-state index is 0.918. The summed E-state index contributed by atoms with van der Waals surface area (Å²) >= 11 is 5.87. The van der Waals surface area contributed by atoms with E-state index in [-0.39, 0.29) is 0 Å². The van der Waals surface area contributed by atoms with Crippen LogP contribution in [0.2, 0.25) is 0 Å². The second kappa shape index (κ2) is 3.22. The molecule has 1 nitrogen and oxygen atoms in total. The molecule has 50 valence electrons. The molecule has 0 atom stereocenters. The molecule has 3 heteroatoms. The van der Waals surface area contributed by atoms with Gasteiger partial charge in [-0.1, -0.05) is 0 Å². The quantitative estimate of drug-likeness (QED) is 0.651. The molecular weight excluding hydrogens is 150 g/mol. The van der Waals surface area contributed by atoms with E-state index in [0.717, 1.165) is 17.2 Å². The summed E-state index contributed by atoms with van der Waals surface area (Å²) in [5.41, 5.74) is 0. The predicted octanol–water partition coefficient (Wildman–Crippen LogP) is 1.92. The van der Waals surface area contributed by atoms with Gasteiger partial charge in [0.1, 0.15) is 0 Å². The van der Waals surface area contributed by atoms with Crippen molar-refractivity contribution in [2.24, 2.45) is 0 Å². The molecule has 0 amide bonds. The maximum Gasteiger partial charge on any atom is 0.0896 e. The van der Waals surface area contributed by atoms with E-state index in [2.05, 4.69) is 17.6 Å². The zero-order chi connectivity index (χ0) is 6.69. The third-order valence-electron chi connectivity index (χ3n) is 1.03. The summed E-state index contributed by atoms with van der Waals surface area (Å²) < 4.78 is 0. The Labute approximate surface area is 64.5 Å². The van der Waals surface area contributed by atoms with Gasteiger partial charge in [0.25, 0.3) is 0 Å². The number of thiol groups is 1. The first-order chi connectivity index (χ1) is 4.33. The van der Waals surface area contributed by atoms with Gasteiger partial charge in [-0.05, 0) is 19.1 Å². The summed E-state index contributed by atoms with van der Waals surface area (Å²) in [5.74, 6) is 0.918. The average molecular weight is 159 g/mol. The fourth-order valence-corrected chi connectivity index (χ4v) is 1.82. The maximum atomic E-state index is 4.12. The van der Waals surface area contributed by atoms with E-state index >= 15 is 0 Å². The number of hydrogen-bond donors (Lipinski definition) is 1. The van der Waals surface area contributed by atoms with Crippen molar-refractivity contribution >= 4 is 24.0 Å². The van der Waals surface area contributed by atoms with E-state index in [9.17, 15) is 0 Å². The number of aryl methyl sites for hydroxylation is 2. The zero-order valence-electron chi connectivity index (χ0n) is 5.29. The third-order valence-corrected chi connectivity index (χ3v) is 2.22. The lowest BCUT2D eigenvalue weighted by atomic mass is 10.4. The molecule has 0 saturated heterocycles. The Morgan fingerprint density at radius 2 is 2.56 bits per heavy atom. The highest BCUT2D eigenvalue weighted by Gasteiger charge is 1.94. The van der Waals surface area contributed by atoms with Crippen LogP contribution in [-0.4, -0.2) is 10.7 Å². The van der Waals surface area contributed by atoms with Gasteiger partial charge in [-0.25, -0.2) is 4.98 Å². The van der Waals surface area contributed by atoms with Gasteiger partial charge in [0, 0.05) is 11.1 Å². The van der Waals surface area contributed by atoms with Gasteiger partial charge >= 0.3 is 0 Å². The zero-order valence-corrected chi connectivity index (χ0v) is 7.01. The van der Waals surface area contributed by atoms with Crippen LogP contribution in [0.3, 0.4) is 0 Å². The molecule has 0 unspecified atom stereocenters. The summed E-state index contributed by atoms with van der Waals surface area (Å²) in [6.45, 7) is 2.02. The van der Waals surface area contributed by atoms with Crippen molar-refractivity contribution in [3.63, 3.8) is 0 Å². The van der Waals surface area contributed by atoms with E-state index < -0.39 is 0 Å². The molecule has 0 bridgehead atoms. The normalized spacial score (nSPS) is 10.0. The Morgan fingerprint density at radius 1 is 1.78 bits per heavy atom. The lowest BCUT2D eigenvalue weighted by Crippen LogP contribution is -1.77. The molecule has 0 aliphatic heterocycles. The van der Waals surface area contributed by atoms with Gasteiger partial charge < -0.3 is 0 Å². The summed E-state index contributed by atoms with van der Waals surface area (Å²) in [6, 6.07) is 0. The van der Waals surface area contributed by atoms with Crippen molar-refractivity contribution in [1.29, 1.82) is 0 Å². The van der Waals surface area contributed by atoms with Gasteiger partial charge in [0.15, 0.2) is 0 Å². The van der Waals surface area contributed by atoms with Crippen molar-refractivity contribution in [1.82, 2.24) is 4.98 Å². The number of hydrogen-bond acceptors (Lipinski definition) is 3. The monoisotopic (exact) mass is 159 g/mol. The molecular formula is C6H9NS2. The van der Waals surface area contributed by atoms with Gasteiger partial charge in [-0.15, -0.1) is 11.3 Å². The highest BCUT2D eigenvalue weighted by molar-refractivity contribution is 7.80. The van der Waals surface area contributed by atoms with Crippen molar-refractivity contribution in [2.75, 3.05) is 5.75 Å². The number of nitrogens with zero attached hydrogens (tertiary/aromatic N) is 1. The number of thiazole rings is 1. The predicted molar refractivity (Wildman–Crippen MR) is 44.4 cm³/mol. The Hall–Kier alpha value is -0.0200. The van der Waals surface area contributed by atoms with Gasteiger partial charge in [-0.2, -0.15) is 12.6 Å². The molecule has 1 rings (SSSR count). The van der Waals surface area contributed by atoms with E-state index in [4.69, 9.17) is 0 Å². The molecule has 1 heterocycles. The number of aromatic nitrogens is 1. The first kappa shape index (κ1) is 7.09. The smallest absolute Gasteiger partial charge is 0.0896 e. The van der Waals surface area contributed by atoms with Crippen LogP contribution in [0, 0.1) is 6.92 Å². The highest BCUT2D eigenvalue weighted by Crippen LogP contribution is 2.11. The fourth-order valence-electron chi connectivity index (χ4n) is 0.631. The van der Waals surface area contributed by atoms with Gasteiger partial charge in [0.2, 0.25) is 0 Å². The first-order valence-electron chi connectivity index (χ1n) is 2.85. The standard InChI is InChI=1S/C6H9NS2/c1-5-7-4-6(9-5)2-3-8/h4,8H,2-3H2,1H3. The largest absolute Gasteiger partial charge is 0.250 e. The fraction of sp³-hybridized carbons (Fsp3) is 0.500. The average Bonchev–Trinajstić information content (AvgIpc) is 2.17. The Bertz CT molecular complexity index is 183. The van der Waals surface area contributed by atoms with Crippen LogP contribution in [-0.2, 0) is 6.42 Å². The van der Waals surface area contributed by atoms with Crippen LogP contribution in [0.1, 0.15) is 9.88 Å². The summed E-state index contributed by atoms with van der Waals surface area (Å²) in [4.78, 5) is 5.46. The van der Waals surface area contributed by atoms with E-state index in [1.54, 1.807) is 11.3 Å². The lowest BCUT2D eigenvalue weighted by Gasteiger charge is -1.84. The molecule has 9 heavy (non-hydrogen) atoms. The Kier molecular flexibility index (Phi) is 2.54. The van der Waals surface area contributed by atoms with Gasteiger partial charge in [-0.3, -0.25) is 0 Å². The summed E-state index contributed by atoms with van der Waals surface area (Å²) in [5, 5.41) is 1.15. The molecule has 0 fully saturated rings. The Balaban J connectivity index is 2.61. The molecule has 0 spiro atoms. The van der Waals surface area contributed by atoms with Crippen molar-refractivity contribution < 1.29 is 0 Å². The Morgan fingerprint density at radius 3 is 3.00 bits per heavy atom. The summed E-state index contributed by atoms with van der Waals surface area (Å²) in [6.07, 6.45) is 2.98. The highest BCUT2D eigenvalue weighted by atomic mass is 32.1. The van der Waals surface area contributed by atoms with Crippen molar-refractivity contribution in [3.05, 3.63) is 16.1 Å². The molecule has 0 aromatic carbocycles. The SMILES string of the molecule is Cc1ncc(CCS)s1. The minimum atomic E-state index is 0.918. The van der Waals surface area contributed by atoms with Crippen LogP contribution >= 0.6 is 24.0 Å². The molecule has 0 aliphatic rings. The topological polar surface area (TPSA) is 12.9 Å². The first-order valence-corrected chi connectivity index (χ1v) is 4.30. The van der Waals surface area contributed by atoms with Crippen LogP contribution in [0.15, 0.2) is 6.20 Å². The summed E-state index contributed by atoms with van der Waals surface area (Å²) in [7, 11) is 0. The molecule has 0 saturated carbocycles. The molecule has 1 aromatic heterocycles. The molecule has 0 radical (unpaired) electrons. The number of rotatable bonds is 2. The van der Waals surface area contributed by atoms with E-state index in [1.807, 2.05) is 13.1 Å². The second-order valence-corrected chi connectivity index (χ2v) is 3.59. The second-order valence-electron chi connectivity index (χ2n) is 1.82. The molecule has 0 N–H and O–H groups in total. The maximum absolute atomic E-state index is 4.12. The third kappa shape index (κ3) is 1.99. The van der Waals surface area contributed by atoms with E-state index in [1.165, 1.54) is 4.88 Å². The van der Waals surface area contributed by atoms with Crippen molar-refractivity contribution in [3.8, 4) is 0 Å². The van der Waals surface area contributed by atoms with Crippen LogP contribution in [0.25, 0.3) is 0 Å². The van der Waals surface area contributed by atoms with Crippen LogP contribution < -0.4 is 0 Å². The van der Waals surface area contributed by atoms with Crippen LogP contribution in [0.5, 0.6) is 0 Å². The van der Waals surface area contributed by atoms with Crippen molar-refractivity contribution in [2.45, 2.75) is 13.3 Å². The molecule has 1 aromatic rings. The van der Waals surface area contributed by atoms with E-state index in [0.29, 0.717) is 0 Å².